The summed E-state index contributed by atoms with van der Waals surface area (Å²) in [5.74, 6) is -0.878. The molecule has 0 radical (unpaired) electrons. The molecule has 1 saturated carbocycles. The van der Waals surface area contributed by atoms with Crippen LogP contribution in [0, 0.1) is 0 Å². The van der Waals surface area contributed by atoms with E-state index in [1.54, 1.807) is 12.1 Å². The van der Waals surface area contributed by atoms with Gasteiger partial charge in [-0.25, -0.2) is 4.79 Å². The van der Waals surface area contributed by atoms with Crippen molar-refractivity contribution in [3.05, 3.63) is 28.2 Å². The zero-order valence-corrected chi connectivity index (χ0v) is 12.8. The second-order valence-corrected chi connectivity index (χ2v) is 6.18. The number of hydrogen-bond acceptors (Lipinski definition) is 2. The average Bonchev–Trinajstić information content (AvgIpc) is 2.65. The van der Waals surface area contributed by atoms with Gasteiger partial charge in [-0.05, 0) is 31.0 Å². The van der Waals surface area contributed by atoms with Gasteiger partial charge < -0.3 is 10.0 Å². The minimum absolute atomic E-state index is 0.338. The Labute approximate surface area is 122 Å². The maximum absolute atomic E-state index is 11.1. The lowest BCUT2D eigenvalue weighted by Crippen LogP contribution is -2.31. The predicted octanol–water partition coefficient (Wildman–Crippen LogP) is 4.31. The summed E-state index contributed by atoms with van der Waals surface area (Å²) in [7, 11) is 2.07. The highest BCUT2D eigenvalue weighted by Crippen LogP contribution is 2.28. The zero-order valence-electron chi connectivity index (χ0n) is 11.2. The number of carboxylic acids is 1. The Morgan fingerprint density at radius 1 is 1.21 bits per heavy atom. The highest BCUT2D eigenvalue weighted by Gasteiger charge is 2.18. The van der Waals surface area contributed by atoms with E-state index < -0.39 is 5.97 Å². The minimum Gasteiger partial charge on any atom is -0.478 e. The molecule has 1 aromatic rings. The number of hydrogen-bond donors (Lipinski definition) is 1. The summed E-state index contributed by atoms with van der Waals surface area (Å²) in [6.45, 7) is 0. The van der Waals surface area contributed by atoms with E-state index in [2.05, 4.69) is 27.9 Å². The predicted molar refractivity (Wildman–Crippen MR) is 81.0 cm³/mol. The van der Waals surface area contributed by atoms with Crippen LogP contribution in [0.3, 0.4) is 0 Å². The lowest BCUT2D eigenvalue weighted by atomic mass is 10.1. The van der Waals surface area contributed by atoms with Crippen molar-refractivity contribution >= 4 is 27.6 Å². The lowest BCUT2D eigenvalue weighted by Gasteiger charge is -2.29. The third kappa shape index (κ3) is 3.72. The lowest BCUT2D eigenvalue weighted by molar-refractivity contribution is 0.0697. The van der Waals surface area contributed by atoms with Gasteiger partial charge in [-0.1, -0.05) is 41.6 Å². The summed E-state index contributed by atoms with van der Waals surface area (Å²) in [5, 5.41) is 9.13. The summed E-state index contributed by atoms with van der Waals surface area (Å²) in [5.41, 5.74) is 1.32. The van der Waals surface area contributed by atoms with Crippen LogP contribution in [0.2, 0.25) is 0 Å². The molecule has 0 spiro atoms. The van der Waals surface area contributed by atoms with E-state index >= 15 is 0 Å². The SMILES string of the molecule is CN(c1cc(Br)cc(C(=O)O)c1)C1CCCCCC1. The molecule has 1 aliphatic carbocycles. The Balaban J connectivity index is 2.21. The van der Waals surface area contributed by atoms with Gasteiger partial charge in [0.1, 0.15) is 0 Å². The molecule has 0 aliphatic heterocycles. The van der Waals surface area contributed by atoms with Crippen LogP contribution in [0.15, 0.2) is 22.7 Å². The fourth-order valence-electron chi connectivity index (χ4n) is 2.76. The van der Waals surface area contributed by atoms with Gasteiger partial charge in [-0.3, -0.25) is 0 Å². The molecule has 2 rings (SSSR count). The fraction of sp³-hybridized carbons (Fsp3) is 0.533. The van der Waals surface area contributed by atoms with Gasteiger partial charge in [-0.15, -0.1) is 0 Å². The molecule has 19 heavy (non-hydrogen) atoms. The third-order valence-corrected chi connectivity index (χ3v) is 4.37. The molecule has 104 valence electrons. The zero-order chi connectivity index (χ0) is 13.8. The Morgan fingerprint density at radius 2 is 1.84 bits per heavy atom. The second kappa shape index (κ2) is 6.42. The molecule has 0 amide bonds. The van der Waals surface area contributed by atoms with E-state index in [1.165, 1.54) is 38.5 Å². The van der Waals surface area contributed by atoms with Crippen molar-refractivity contribution in [3.63, 3.8) is 0 Å². The van der Waals surface area contributed by atoms with Crippen molar-refractivity contribution in [2.24, 2.45) is 0 Å². The van der Waals surface area contributed by atoms with E-state index in [-0.39, 0.29) is 0 Å². The monoisotopic (exact) mass is 325 g/mol. The number of carboxylic acid groups (broad SMARTS) is 1. The van der Waals surface area contributed by atoms with Gasteiger partial charge in [-0.2, -0.15) is 0 Å². The largest absolute Gasteiger partial charge is 0.478 e. The molecular formula is C15H20BrNO2. The number of halogens is 1. The fourth-order valence-corrected chi connectivity index (χ4v) is 3.24. The van der Waals surface area contributed by atoms with Crippen molar-refractivity contribution < 1.29 is 9.90 Å². The molecule has 1 aromatic carbocycles. The van der Waals surface area contributed by atoms with Gasteiger partial charge in [0.25, 0.3) is 0 Å². The maximum atomic E-state index is 11.1. The van der Waals surface area contributed by atoms with Crippen LogP contribution < -0.4 is 4.90 Å². The molecule has 0 unspecified atom stereocenters. The summed E-state index contributed by atoms with van der Waals surface area (Å²) >= 11 is 3.40. The number of rotatable bonds is 3. The Morgan fingerprint density at radius 3 is 2.42 bits per heavy atom. The molecular weight excluding hydrogens is 306 g/mol. The quantitative estimate of drug-likeness (QED) is 0.842. The van der Waals surface area contributed by atoms with Crippen molar-refractivity contribution in [3.8, 4) is 0 Å². The van der Waals surface area contributed by atoms with E-state index in [1.807, 2.05) is 6.07 Å². The molecule has 0 aromatic heterocycles. The minimum atomic E-state index is -0.878. The molecule has 1 fully saturated rings. The molecule has 0 atom stereocenters. The molecule has 1 N–H and O–H groups in total. The smallest absolute Gasteiger partial charge is 0.335 e. The van der Waals surface area contributed by atoms with Crippen LogP contribution in [-0.4, -0.2) is 24.2 Å². The third-order valence-electron chi connectivity index (χ3n) is 3.91. The molecule has 0 bridgehead atoms. The first-order valence-electron chi connectivity index (χ1n) is 6.84. The standard InChI is InChI=1S/C15H20BrNO2/c1-17(13-6-4-2-3-5-7-13)14-9-11(15(18)19)8-12(16)10-14/h8-10,13H,2-7H2,1H3,(H,18,19). The molecule has 0 heterocycles. The normalized spacial score (nSPS) is 16.9. The van der Waals surface area contributed by atoms with Crippen LogP contribution in [0.4, 0.5) is 5.69 Å². The summed E-state index contributed by atoms with van der Waals surface area (Å²) in [6.07, 6.45) is 7.59. The molecule has 4 heteroatoms. The van der Waals surface area contributed by atoms with E-state index in [0.29, 0.717) is 11.6 Å². The summed E-state index contributed by atoms with van der Waals surface area (Å²) in [6, 6.07) is 5.93. The topological polar surface area (TPSA) is 40.5 Å². The second-order valence-electron chi connectivity index (χ2n) is 5.26. The van der Waals surface area contributed by atoms with Crippen LogP contribution in [0.25, 0.3) is 0 Å². The number of aromatic carboxylic acids is 1. The highest BCUT2D eigenvalue weighted by molar-refractivity contribution is 9.10. The van der Waals surface area contributed by atoms with E-state index in [0.717, 1.165) is 10.2 Å². The van der Waals surface area contributed by atoms with Crippen LogP contribution in [-0.2, 0) is 0 Å². The average molecular weight is 326 g/mol. The molecule has 3 nitrogen and oxygen atoms in total. The van der Waals surface area contributed by atoms with E-state index in [4.69, 9.17) is 5.11 Å². The maximum Gasteiger partial charge on any atom is 0.335 e. The first-order chi connectivity index (χ1) is 9.08. The molecule has 1 aliphatic rings. The Bertz CT molecular complexity index is 453. The van der Waals surface area contributed by atoms with Gasteiger partial charge >= 0.3 is 5.97 Å². The van der Waals surface area contributed by atoms with Crippen molar-refractivity contribution in [2.75, 3.05) is 11.9 Å². The summed E-state index contributed by atoms with van der Waals surface area (Å²) < 4.78 is 0.822. The van der Waals surface area contributed by atoms with Crippen LogP contribution in [0.1, 0.15) is 48.9 Å². The molecule has 0 saturated heterocycles. The van der Waals surface area contributed by atoms with Gasteiger partial charge in [0.05, 0.1) is 5.56 Å². The van der Waals surface area contributed by atoms with Crippen molar-refractivity contribution in [2.45, 2.75) is 44.6 Å². The van der Waals surface area contributed by atoms with E-state index in [9.17, 15) is 4.79 Å². The van der Waals surface area contributed by atoms with Gasteiger partial charge in [0.2, 0.25) is 0 Å². The van der Waals surface area contributed by atoms with Crippen LogP contribution in [0.5, 0.6) is 0 Å². The first kappa shape index (κ1) is 14.4. The van der Waals surface area contributed by atoms with Crippen molar-refractivity contribution in [1.82, 2.24) is 0 Å². The van der Waals surface area contributed by atoms with Crippen molar-refractivity contribution in [1.29, 1.82) is 0 Å². The van der Waals surface area contributed by atoms with Gasteiger partial charge in [0.15, 0.2) is 0 Å². The number of carbonyl (C=O) groups is 1. The Hall–Kier alpha value is -1.03. The summed E-state index contributed by atoms with van der Waals surface area (Å²) in [4.78, 5) is 13.4. The number of nitrogens with zero attached hydrogens (tertiary/aromatic N) is 1. The van der Waals surface area contributed by atoms with Gasteiger partial charge in [0, 0.05) is 23.2 Å². The first-order valence-corrected chi connectivity index (χ1v) is 7.64. The highest BCUT2D eigenvalue weighted by atomic mass is 79.9. The Kier molecular flexibility index (Phi) is 4.86. The van der Waals surface area contributed by atoms with Crippen LogP contribution >= 0.6 is 15.9 Å². The number of anilines is 1. The number of benzene rings is 1.